The summed E-state index contributed by atoms with van der Waals surface area (Å²) in [6.07, 6.45) is 1.91. The van der Waals surface area contributed by atoms with E-state index in [0.29, 0.717) is 24.1 Å². The third-order valence-electron chi connectivity index (χ3n) is 3.97. The van der Waals surface area contributed by atoms with Crippen LogP contribution in [0, 0.1) is 0 Å². The third-order valence-corrected chi connectivity index (χ3v) is 5.33. The SMILES string of the molecule is CCCC(=O)Nc1cccc(SC(CC)C(=O)Nc2ccc(C(N)=O)cc2)c1. The summed E-state index contributed by atoms with van der Waals surface area (Å²) in [4.78, 5) is 36.4. The van der Waals surface area contributed by atoms with Crippen molar-refractivity contribution in [2.24, 2.45) is 5.73 Å². The van der Waals surface area contributed by atoms with Crippen LogP contribution >= 0.6 is 11.8 Å². The molecule has 0 bridgehead atoms. The van der Waals surface area contributed by atoms with Crippen molar-refractivity contribution in [3.8, 4) is 0 Å². The van der Waals surface area contributed by atoms with Crippen molar-refractivity contribution in [3.05, 3.63) is 54.1 Å². The lowest BCUT2D eigenvalue weighted by atomic mass is 10.2. The van der Waals surface area contributed by atoms with Gasteiger partial charge < -0.3 is 16.4 Å². The second-order valence-corrected chi connectivity index (χ2v) is 7.55. The highest BCUT2D eigenvalue weighted by Crippen LogP contribution is 2.28. The van der Waals surface area contributed by atoms with Crippen LogP contribution in [0.15, 0.2) is 53.4 Å². The summed E-state index contributed by atoms with van der Waals surface area (Å²) in [5.41, 5.74) is 6.94. The Morgan fingerprint density at radius 1 is 1.00 bits per heavy atom. The quantitative estimate of drug-likeness (QED) is 0.554. The number of primary amides is 1. The fourth-order valence-corrected chi connectivity index (χ4v) is 3.54. The predicted octanol–water partition coefficient (Wildman–Crippen LogP) is 4.03. The second kappa shape index (κ2) is 10.5. The molecular weight excluding hydrogens is 374 g/mol. The van der Waals surface area contributed by atoms with E-state index in [0.717, 1.165) is 17.0 Å². The number of benzene rings is 2. The number of hydrogen-bond donors (Lipinski definition) is 3. The van der Waals surface area contributed by atoms with E-state index in [2.05, 4.69) is 10.6 Å². The summed E-state index contributed by atoms with van der Waals surface area (Å²) in [5.74, 6) is -0.653. The number of hydrogen-bond acceptors (Lipinski definition) is 4. The third kappa shape index (κ3) is 6.42. The van der Waals surface area contributed by atoms with Crippen molar-refractivity contribution in [1.82, 2.24) is 0 Å². The number of carbonyl (C=O) groups excluding carboxylic acids is 3. The van der Waals surface area contributed by atoms with Gasteiger partial charge in [0.05, 0.1) is 5.25 Å². The molecule has 6 nitrogen and oxygen atoms in total. The van der Waals surface area contributed by atoms with Gasteiger partial charge in [-0.15, -0.1) is 11.8 Å². The minimum absolute atomic E-state index is 0.0196. The highest BCUT2D eigenvalue weighted by molar-refractivity contribution is 8.00. The van der Waals surface area contributed by atoms with Crippen LogP contribution in [0.4, 0.5) is 11.4 Å². The minimum Gasteiger partial charge on any atom is -0.366 e. The van der Waals surface area contributed by atoms with Crippen molar-refractivity contribution in [2.75, 3.05) is 10.6 Å². The van der Waals surface area contributed by atoms with E-state index in [-0.39, 0.29) is 17.1 Å². The van der Waals surface area contributed by atoms with Crippen LogP contribution in [0.5, 0.6) is 0 Å². The van der Waals surface area contributed by atoms with Crippen molar-refractivity contribution >= 4 is 40.9 Å². The van der Waals surface area contributed by atoms with Crippen molar-refractivity contribution in [2.45, 2.75) is 43.3 Å². The first-order chi connectivity index (χ1) is 13.4. The number of thioether (sulfide) groups is 1. The number of carbonyl (C=O) groups is 3. The molecule has 0 saturated carbocycles. The van der Waals surface area contributed by atoms with Crippen LogP contribution in [0.2, 0.25) is 0 Å². The molecule has 1 atom stereocenters. The van der Waals surface area contributed by atoms with E-state index in [1.165, 1.54) is 11.8 Å². The molecule has 148 valence electrons. The molecule has 0 heterocycles. The van der Waals surface area contributed by atoms with Crippen molar-refractivity contribution in [3.63, 3.8) is 0 Å². The van der Waals surface area contributed by atoms with Gasteiger partial charge in [-0.05, 0) is 55.3 Å². The average molecular weight is 400 g/mol. The van der Waals surface area contributed by atoms with Gasteiger partial charge in [-0.1, -0.05) is 19.9 Å². The van der Waals surface area contributed by atoms with E-state index in [9.17, 15) is 14.4 Å². The molecule has 7 heteroatoms. The molecule has 0 fully saturated rings. The Morgan fingerprint density at radius 3 is 2.32 bits per heavy atom. The topological polar surface area (TPSA) is 101 Å². The van der Waals surface area contributed by atoms with E-state index < -0.39 is 5.91 Å². The molecule has 2 aromatic carbocycles. The van der Waals surface area contributed by atoms with Gasteiger partial charge >= 0.3 is 0 Å². The number of rotatable bonds is 9. The Labute approximate surface area is 169 Å². The zero-order chi connectivity index (χ0) is 20.5. The number of nitrogens with two attached hydrogens (primary N) is 1. The standard InChI is InChI=1S/C21H25N3O3S/c1-3-6-19(25)23-16-7-5-8-17(13-16)28-18(4-2)21(27)24-15-11-9-14(10-12-15)20(22)26/h5,7-13,18H,3-4,6H2,1-2H3,(H2,22,26)(H,23,25)(H,24,27). The number of amides is 3. The molecule has 3 amide bonds. The molecule has 0 spiro atoms. The molecule has 2 aromatic rings. The maximum absolute atomic E-state index is 12.6. The van der Waals surface area contributed by atoms with Gasteiger partial charge in [0.25, 0.3) is 0 Å². The summed E-state index contributed by atoms with van der Waals surface area (Å²) < 4.78 is 0. The maximum Gasteiger partial charge on any atom is 0.248 e. The van der Waals surface area contributed by atoms with Gasteiger partial charge in [0.1, 0.15) is 0 Å². The maximum atomic E-state index is 12.6. The summed E-state index contributed by atoms with van der Waals surface area (Å²) in [6.45, 7) is 3.90. The first-order valence-electron chi connectivity index (χ1n) is 9.20. The van der Waals surface area contributed by atoms with Crippen LogP contribution in [-0.4, -0.2) is 23.0 Å². The normalized spacial score (nSPS) is 11.5. The van der Waals surface area contributed by atoms with Crippen LogP contribution in [0.25, 0.3) is 0 Å². The van der Waals surface area contributed by atoms with Gasteiger partial charge in [-0.25, -0.2) is 0 Å². The molecular formula is C21H25N3O3S. The molecule has 28 heavy (non-hydrogen) atoms. The molecule has 0 radical (unpaired) electrons. The van der Waals surface area contributed by atoms with Crippen molar-refractivity contribution < 1.29 is 14.4 Å². The molecule has 1 unspecified atom stereocenters. The van der Waals surface area contributed by atoms with E-state index in [4.69, 9.17) is 5.73 Å². The highest BCUT2D eigenvalue weighted by atomic mass is 32.2. The zero-order valence-corrected chi connectivity index (χ0v) is 16.8. The van der Waals surface area contributed by atoms with Gasteiger partial charge in [-0.3, -0.25) is 14.4 Å². The summed E-state index contributed by atoms with van der Waals surface area (Å²) in [6, 6.07) is 13.9. The zero-order valence-electron chi connectivity index (χ0n) is 16.0. The smallest absolute Gasteiger partial charge is 0.248 e. The fourth-order valence-electron chi connectivity index (χ4n) is 2.52. The molecule has 4 N–H and O–H groups in total. The number of anilines is 2. The second-order valence-electron chi connectivity index (χ2n) is 6.27. The minimum atomic E-state index is -0.509. The van der Waals surface area contributed by atoms with Crippen LogP contribution in [0.3, 0.4) is 0 Å². The molecule has 0 saturated heterocycles. The lowest BCUT2D eigenvalue weighted by molar-refractivity contribution is -0.116. The Bertz CT molecular complexity index is 837. The van der Waals surface area contributed by atoms with E-state index >= 15 is 0 Å². The Balaban J connectivity index is 2.01. The molecule has 0 aromatic heterocycles. The van der Waals surface area contributed by atoms with Crippen LogP contribution < -0.4 is 16.4 Å². The first kappa shape index (κ1) is 21.5. The van der Waals surface area contributed by atoms with Gasteiger partial charge in [0.2, 0.25) is 17.7 Å². The largest absolute Gasteiger partial charge is 0.366 e. The molecule has 0 aliphatic heterocycles. The van der Waals surface area contributed by atoms with Gasteiger partial charge in [-0.2, -0.15) is 0 Å². The first-order valence-corrected chi connectivity index (χ1v) is 10.1. The lowest BCUT2D eigenvalue weighted by Gasteiger charge is -2.15. The Hall–Kier alpha value is -2.80. The van der Waals surface area contributed by atoms with Crippen LogP contribution in [-0.2, 0) is 9.59 Å². The Kier molecular flexibility index (Phi) is 8.07. The van der Waals surface area contributed by atoms with E-state index in [1.54, 1.807) is 24.3 Å². The molecule has 0 aliphatic rings. The van der Waals surface area contributed by atoms with Gasteiger partial charge in [0.15, 0.2) is 0 Å². The highest BCUT2D eigenvalue weighted by Gasteiger charge is 2.18. The average Bonchev–Trinajstić information content (AvgIpc) is 2.67. The monoisotopic (exact) mass is 399 g/mol. The van der Waals surface area contributed by atoms with Crippen molar-refractivity contribution in [1.29, 1.82) is 0 Å². The molecule has 2 rings (SSSR count). The lowest BCUT2D eigenvalue weighted by Crippen LogP contribution is -2.24. The molecule has 0 aliphatic carbocycles. The van der Waals surface area contributed by atoms with Gasteiger partial charge in [0, 0.05) is 28.3 Å². The number of nitrogens with one attached hydrogen (secondary N) is 2. The fraction of sp³-hybridized carbons (Fsp3) is 0.286. The predicted molar refractivity (Wildman–Crippen MR) is 114 cm³/mol. The Morgan fingerprint density at radius 2 is 1.71 bits per heavy atom. The summed E-state index contributed by atoms with van der Waals surface area (Å²) in [5, 5.41) is 5.43. The van der Waals surface area contributed by atoms with E-state index in [1.807, 2.05) is 38.1 Å². The van der Waals surface area contributed by atoms with Crippen LogP contribution in [0.1, 0.15) is 43.5 Å². The summed E-state index contributed by atoms with van der Waals surface area (Å²) >= 11 is 1.44. The summed E-state index contributed by atoms with van der Waals surface area (Å²) in [7, 11) is 0.